The Hall–Kier alpha value is -1.10. The van der Waals surface area contributed by atoms with E-state index in [1.807, 2.05) is 0 Å². The first-order valence-electron chi connectivity index (χ1n) is 5.28. The number of rotatable bonds is 4. The van der Waals surface area contributed by atoms with Gasteiger partial charge >= 0.3 is 5.97 Å². The molecular formula is C10H18N2O3. The van der Waals surface area contributed by atoms with Gasteiger partial charge in [0.1, 0.15) is 5.54 Å². The third kappa shape index (κ3) is 2.68. The van der Waals surface area contributed by atoms with Crippen LogP contribution >= 0.6 is 0 Å². The highest BCUT2D eigenvalue weighted by atomic mass is 16.4. The molecule has 5 heteroatoms. The van der Waals surface area contributed by atoms with Gasteiger partial charge < -0.3 is 10.4 Å². The Bertz CT molecular complexity index is 267. The molecule has 0 saturated carbocycles. The fraction of sp³-hybridized carbons (Fsp3) is 0.800. The van der Waals surface area contributed by atoms with Gasteiger partial charge in [0.15, 0.2) is 0 Å². The molecule has 15 heavy (non-hydrogen) atoms. The van der Waals surface area contributed by atoms with Crippen LogP contribution in [0.1, 0.15) is 33.1 Å². The van der Waals surface area contributed by atoms with E-state index >= 15 is 0 Å². The molecule has 1 rings (SSSR count). The van der Waals surface area contributed by atoms with Gasteiger partial charge in [0.25, 0.3) is 0 Å². The maximum atomic E-state index is 11.4. The second-order valence-corrected chi connectivity index (χ2v) is 4.12. The molecule has 0 aliphatic carbocycles. The summed E-state index contributed by atoms with van der Waals surface area (Å²) in [5, 5.41) is 14.7. The van der Waals surface area contributed by atoms with Gasteiger partial charge in [0.2, 0.25) is 5.91 Å². The fourth-order valence-electron chi connectivity index (χ4n) is 1.61. The molecule has 5 nitrogen and oxygen atoms in total. The molecule has 1 amide bonds. The summed E-state index contributed by atoms with van der Waals surface area (Å²) in [5.74, 6) is -1.01. The van der Waals surface area contributed by atoms with Crippen LogP contribution in [0.25, 0.3) is 0 Å². The maximum absolute atomic E-state index is 11.4. The summed E-state index contributed by atoms with van der Waals surface area (Å²) in [6.07, 6.45) is 2.05. The summed E-state index contributed by atoms with van der Waals surface area (Å²) in [5.41, 5.74) is -1.01. The Morgan fingerprint density at radius 3 is 2.87 bits per heavy atom. The quantitative estimate of drug-likeness (QED) is 0.620. The number of hydrogen-bond acceptors (Lipinski definition) is 3. The van der Waals surface area contributed by atoms with Crippen molar-refractivity contribution in [3.05, 3.63) is 0 Å². The van der Waals surface area contributed by atoms with E-state index in [9.17, 15) is 9.59 Å². The van der Waals surface area contributed by atoms with Crippen molar-refractivity contribution in [2.75, 3.05) is 6.54 Å². The second-order valence-electron chi connectivity index (χ2n) is 4.12. The summed E-state index contributed by atoms with van der Waals surface area (Å²) in [7, 11) is 0. The van der Waals surface area contributed by atoms with Gasteiger partial charge in [0.05, 0.1) is 6.04 Å². The average Bonchev–Trinajstić information content (AvgIpc) is 2.21. The molecule has 0 aromatic rings. The molecule has 1 saturated heterocycles. The molecule has 1 aliphatic heterocycles. The van der Waals surface area contributed by atoms with E-state index in [4.69, 9.17) is 5.11 Å². The highest BCUT2D eigenvalue weighted by Crippen LogP contribution is 2.14. The zero-order valence-corrected chi connectivity index (χ0v) is 9.17. The summed E-state index contributed by atoms with van der Waals surface area (Å²) in [6.45, 7) is 4.09. The number of hydrogen-bond donors (Lipinski definition) is 3. The van der Waals surface area contributed by atoms with Crippen LogP contribution in [0.15, 0.2) is 0 Å². The number of carboxylic acids is 1. The highest BCUT2D eigenvalue weighted by Gasteiger charge is 2.36. The first-order chi connectivity index (χ1) is 6.99. The van der Waals surface area contributed by atoms with Gasteiger partial charge in [-0.25, -0.2) is 0 Å². The molecule has 1 fully saturated rings. The van der Waals surface area contributed by atoms with E-state index < -0.39 is 11.5 Å². The van der Waals surface area contributed by atoms with Crippen molar-refractivity contribution in [3.63, 3.8) is 0 Å². The molecule has 2 unspecified atom stereocenters. The maximum Gasteiger partial charge on any atom is 0.323 e. The molecule has 0 bridgehead atoms. The topological polar surface area (TPSA) is 78.4 Å². The van der Waals surface area contributed by atoms with Crippen LogP contribution in [0.5, 0.6) is 0 Å². The van der Waals surface area contributed by atoms with E-state index in [0.29, 0.717) is 19.4 Å². The van der Waals surface area contributed by atoms with E-state index in [2.05, 4.69) is 10.6 Å². The number of piperidine rings is 1. The summed E-state index contributed by atoms with van der Waals surface area (Å²) in [4.78, 5) is 22.5. The third-order valence-corrected chi connectivity index (χ3v) is 2.96. The number of carbonyl (C=O) groups is 2. The average molecular weight is 214 g/mol. The first-order valence-corrected chi connectivity index (χ1v) is 5.28. The van der Waals surface area contributed by atoms with Gasteiger partial charge in [-0.1, -0.05) is 6.92 Å². The summed E-state index contributed by atoms with van der Waals surface area (Å²) < 4.78 is 0. The summed E-state index contributed by atoms with van der Waals surface area (Å²) >= 11 is 0. The molecule has 0 radical (unpaired) electrons. The van der Waals surface area contributed by atoms with Crippen LogP contribution in [0, 0.1) is 0 Å². The van der Waals surface area contributed by atoms with Gasteiger partial charge in [-0.2, -0.15) is 0 Å². The lowest BCUT2D eigenvalue weighted by Crippen LogP contribution is -2.59. The minimum Gasteiger partial charge on any atom is -0.480 e. The van der Waals surface area contributed by atoms with Crippen LogP contribution in [-0.2, 0) is 9.59 Å². The largest absolute Gasteiger partial charge is 0.480 e. The zero-order chi connectivity index (χ0) is 11.5. The van der Waals surface area contributed by atoms with Crippen LogP contribution < -0.4 is 10.6 Å². The van der Waals surface area contributed by atoms with Crippen LogP contribution in [0.3, 0.4) is 0 Å². The normalized spacial score (nSPS) is 25.5. The van der Waals surface area contributed by atoms with Gasteiger partial charge in [-0.05, 0) is 26.2 Å². The van der Waals surface area contributed by atoms with E-state index in [-0.39, 0.29) is 11.9 Å². The van der Waals surface area contributed by atoms with Gasteiger partial charge in [-0.3, -0.25) is 14.9 Å². The standard InChI is InChI=1S/C10H18N2O3/c1-3-10(2,9(14)15)12-7-5-4-6-11-8(7)13/h7,12H,3-6H2,1-2H3,(H,11,13)(H,14,15). The number of carbonyl (C=O) groups excluding carboxylic acids is 1. The van der Waals surface area contributed by atoms with Crippen molar-refractivity contribution in [1.29, 1.82) is 0 Å². The molecular weight excluding hydrogens is 196 g/mol. The number of amides is 1. The molecule has 1 aliphatic rings. The van der Waals surface area contributed by atoms with Crippen molar-refractivity contribution in [2.24, 2.45) is 0 Å². The third-order valence-electron chi connectivity index (χ3n) is 2.96. The van der Waals surface area contributed by atoms with Crippen molar-refractivity contribution in [1.82, 2.24) is 10.6 Å². The van der Waals surface area contributed by atoms with Gasteiger partial charge in [0, 0.05) is 6.54 Å². The smallest absolute Gasteiger partial charge is 0.323 e. The Balaban J connectivity index is 2.65. The van der Waals surface area contributed by atoms with Crippen LogP contribution in [0.4, 0.5) is 0 Å². The lowest BCUT2D eigenvalue weighted by Gasteiger charge is -2.32. The monoisotopic (exact) mass is 214 g/mol. The molecule has 1 heterocycles. The molecule has 0 spiro atoms. The molecule has 3 N–H and O–H groups in total. The highest BCUT2D eigenvalue weighted by molar-refractivity contribution is 5.84. The minimum absolute atomic E-state index is 0.0952. The lowest BCUT2D eigenvalue weighted by molar-refractivity contribution is -0.145. The predicted molar refractivity (Wildman–Crippen MR) is 55.5 cm³/mol. The van der Waals surface area contributed by atoms with Crippen LogP contribution in [0.2, 0.25) is 0 Å². The first kappa shape index (κ1) is 12.0. The lowest BCUT2D eigenvalue weighted by atomic mass is 9.95. The SMILES string of the molecule is CCC(C)(NC1CCCNC1=O)C(=O)O. The van der Waals surface area contributed by atoms with Crippen LogP contribution in [-0.4, -0.2) is 35.1 Å². The Morgan fingerprint density at radius 1 is 1.73 bits per heavy atom. The number of nitrogens with one attached hydrogen (secondary N) is 2. The number of carboxylic acid groups (broad SMARTS) is 1. The molecule has 0 aromatic carbocycles. The van der Waals surface area contributed by atoms with Crippen molar-refractivity contribution >= 4 is 11.9 Å². The van der Waals surface area contributed by atoms with E-state index in [0.717, 1.165) is 6.42 Å². The fourth-order valence-corrected chi connectivity index (χ4v) is 1.61. The molecule has 0 aromatic heterocycles. The summed E-state index contributed by atoms with van der Waals surface area (Å²) in [6, 6.07) is -0.375. The molecule has 2 atom stereocenters. The number of aliphatic carboxylic acids is 1. The van der Waals surface area contributed by atoms with Crippen molar-refractivity contribution in [2.45, 2.75) is 44.7 Å². The van der Waals surface area contributed by atoms with E-state index in [1.54, 1.807) is 13.8 Å². The predicted octanol–water partition coefficient (Wildman–Crippen LogP) is 0.108. The Kier molecular flexibility index (Phi) is 3.68. The minimum atomic E-state index is -1.01. The Morgan fingerprint density at radius 2 is 2.40 bits per heavy atom. The Labute approximate surface area is 89.2 Å². The zero-order valence-electron chi connectivity index (χ0n) is 9.17. The molecule has 86 valence electrons. The van der Waals surface area contributed by atoms with Crippen molar-refractivity contribution in [3.8, 4) is 0 Å². The van der Waals surface area contributed by atoms with Gasteiger partial charge in [-0.15, -0.1) is 0 Å². The second kappa shape index (κ2) is 4.61. The van der Waals surface area contributed by atoms with Crippen molar-refractivity contribution < 1.29 is 14.7 Å². The van der Waals surface area contributed by atoms with E-state index in [1.165, 1.54) is 0 Å².